The molecule has 8 nitrogen and oxygen atoms in total. The predicted octanol–water partition coefficient (Wildman–Crippen LogP) is 2.32. The Labute approximate surface area is 231 Å². The maximum absolute atomic E-state index is 13.6. The van der Waals surface area contributed by atoms with Crippen molar-refractivity contribution >= 4 is 32.8 Å². The van der Waals surface area contributed by atoms with Gasteiger partial charge in [-0.15, -0.1) is 0 Å². The molecule has 2 bridgehead atoms. The van der Waals surface area contributed by atoms with Gasteiger partial charge in [0, 0.05) is 49.2 Å². The summed E-state index contributed by atoms with van der Waals surface area (Å²) in [4.78, 5) is 4.64. The van der Waals surface area contributed by atoms with Crippen LogP contribution >= 0.6 is 12.2 Å². The third kappa shape index (κ3) is 5.30. The largest absolute Gasteiger partial charge is 0.421 e. The number of hydrogen-bond donors (Lipinski definition) is 2. The van der Waals surface area contributed by atoms with E-state index in [1.54, 1.807) is 12.2 Å². The van der Waals surface area contributed by atoms with Gasteiger partial charge >= 0.3 is 6.18 Å². The number of hydrogen-bond acceptors (Lipinski definition) is 8. The molecule has 0 saturated carbocycles. The zero-order valence-electron chi connectivity index (χ0n) is 21.4. The second-order valence-corrected chi connectivity index (χ2v) is 13.1. The number of rotatable bonds is 6. The topological polar surface area (TPSA) is 93.6 Å². The first-order chi connectivity index (χ1) is 18.3. The molecule has 0 amide bonds. The normalized spacial score (nSPS) is 30.4. The van der Waals surface area contributed by atoms with Crippen molar-refractivity contribution in [3.63, 3.8) is 0 Å². The molecule has 0 unspecified atom stereocenters. The molecule has 5 rings (SSSR count). The predicted molar refractivity (Wildman–Crippen MR) is 144 cm³/mol. The first-order valence-electron chi connectivity index (χ1n) is 12.9. The Bertz CT molecular complexity index is 1270. The maximum atomic E-state index is 13.6. The fraction of sp³-hybridized carbons (Fsp3) is 0.577. The highest BCUT2D eigenvalue weighted by molar-refractivity contribution is 7.96. The van der Waals surface area contributed by atoms with Crippen LogP contribution < -0.4 is 4.90 Å². The van der Waals surface area contributed by atoms with Crippen molar-refractivity contribution in [2.75, 3.05) is 44.3 Å². The molecule has 0 spiro atoms. The van der Waals surface area contributed by atoms with E-state index >= 15 is 0 Å². The number of anilines is 1. The van der Waals surface area contributed by atoms with E-state index in [0.29, 0.717) is 56.6 Å². The van der Waals surface area contributed by atoms with E-state index in [0.717, 1.165) is 0 Å². The van der Waals surface area contributed by atoms with Crippen molar-refractivity contribution in [3.8, 4) is 0 Å². The standard InChI is InChI=1S/C26H32F3N3O5S2/c1-25(34,26(27,28)29)17-6-8-18(9-7-17)31-11-10-30(39(35,36)24-5-3-2-4-23(24)38)13-20(31)14-32-19-12-22(33)21(32)16-37-15-19/h2-3,5-9,19-22,33-34H,4,10-16H2,1H3/t19-,20+,21-,22-,25+/m0/s1. The Morgan fingerprint density at radius 3 is 2.51 bits per heavy atom. The number of nitrogens with zero attached hydrogens (tertiary/aromatic N) is 3. The zero-order valence-corrected chi connectivity index (χ0v) is 23.1. The summed E-state index contributed by atoms with van der Waals surface area (Å²) < 4.78 is 74.3. The number of alkyl halides is 3. The summed E-state index contributed by atoms with van der Waals surface area (Å²) in [5.41, 5.74) is -2.66. The van der Waals surface area contributed by atoms with E-state index in [9.17, 15) is 31.8 Å². The quantitative estimate of drug-likeness (QED) is 0.490. The van der Waals surface area contributed by atoms with E-state index in [1.807, 2.05) is 4.90 Å². The molecule has 2 N–H and O–H groups in total. The first-order valence-corrected chi connectivity index (χ1v) is 14.7. The molecule has 214 valence electrons. The van der Waals surface area contributed by atoms with Gasteiger partial charge in [-0.25, -0.2) is 8.42 Å². The molecule has 4 aliphatic rings. The van der Waals surface area contributed by atoms with Crippen molar-refractivity contribution in [2.45, 2.75) is 55.8 Å². The molecule has 0 radical (unpaired) electrons. The van der Waals surface area contributed by atoms with Crippen LogP contribution in [0.1, 0.15) is 25.3 Å². The van der Waals surface area contributed by atoms with Crippen LogP contribution in [0.3, 0.4) is 0 Å². The van der Waals surface area contributed by atoms with E-state index in [1.165, 1.54) is 34.6 Å². The van der Waals surface area contributed by atoms with Crippen LogP contribution in [0.2, 0.25) is 0 Å². The number of ether oxygens (including phenoxy) is 1. The summed E-state index contributed by atoms with van der Waals surface area (Å²) in [6, 6.07) is 4.99. The van der Waals surface area contributed by atoms with Gasteiger partial charge in [-0.3, -0.25) is 4.90 Å². The Kier molecular flexibility index (Phi) is 7.72. The number of aliphatic hydroxyl groups excluding tert-OH is 1. The van der Waals surface area contributed by atoms with E-state index < -0.39 is 27.9 Å². The van der Waals surface area contributed by atoms with Crippen molar-refractivity contribution in [2.24, 2.45) is 0 Å². The monoisotopic (exact) mass is 587 g/mol. The van der Waals surface area contributed by atoms with Crippen LogP contribution in [0.15, 0.2) is 47.4 Å². The van der Waals surface area contributed by atoms with E-state index in [4.69, 9.17) is 17.0 Å². The highest BCUT2D eigenvalue weighted by atomic mass is 32.2. The Morgan fingerprint density at radius 1 is 1.15 bits per heavy atom. The third-order valence-electron chi connectivity index (χ3n) is 8.21. The van der Waals surface area contributed by atoms with E-state index in [2.05, 4.69) is 4.90 Å². The minimum absolute atomic E-state index is 0.00407. The van der Waals surface area contributed by atoms with E-state index in [-0.39, 0.29) is 41.7 Å². The number of allylic oxidation sites excluding steroid dienone is 4. The Hall–Kier alpha value is -1.87. The molecule has 1 aromatic carbocycles. The summed E-state index contributed by atoms with van der Waals surface area (Å²) in [6.07, 6.45) is 0.571. The minimum atomic E-state index is -4.84. The van der Waals surface area contributed by atoms with Crippen LogP contribution in [0.5, 0.6) is 0 Å². The second-order valence-electron chi connectivity index (χ2n) is 10.7. The summed E-state index contributed by atoms with van der Waals surface area (Å²) in [5, 5.41) is 20.6. The van der Waals surface area contributed by atoms with Crippen LogP contribution in [-0.4, -0.2) is 102 Å². The summed E-state index contributed by atoms with van der Waals surface area (Å²) in [7, 11) is -3.85. The van der Waals surface area contributed by atoms with Crippen LogP contribution in [0.4, 0.5) is 18.9 Å². The maximum Gasteiger partial charge on any atom is 0.421 e. The zero-order chi connectivity index (χ0) is 28.2. The average molecular weight is 588 g/mol. The van der Waals surface area contributed by atoms with Gasteiger partial charge in [0.2, 0.25) is 10.0 Å². The van der Waals surface area contributed by atoms with Gasteiger partial charge in [0.15, 0.2) is 5.60 Å². The number of benzene rings is 1. The lowest BCUT2D eigenvalue weighted by molar-refractivity contribution is -0.258. The highest BCUT2D eigenvalue weighted by Crippen LogP contribution is 2.39. The van der Waals surface area contributed by atoms with Crippen LogP contribution in [0, 0.1) is 0 Å². The molecule has 1 aliphatic carbocycles. The van der Waals surface area contributed by atoms with Gasteiger partial charge in [-0.2, -0.15) is 17.5 Å². The number of aliphatic hydroxyl groups is 2. The summed E-state index contributed by atoms with van der Waals surface area (Å²) in [5.74, 6) is 0. The Morgan fingerprint density at radius 2 is 1.87 bits per heavy atom. The van der Waals surface area contributed by atoms with Crippen molar-refractivity contribution in [1.82, 2.24) is 9.21 Å². The lowest BCUT2D eigenvalue weighted by atomic mass is 9.95. The molecule has 3 fully saturated rings. The van der Waals surface area contributed by atoms with Crippen molar-refractivity contribution in [1.29, 1.82) is 0 Å². The summed E-state index contributed by atoms with van der Waals surface area (Å²) in [6.45, 7) is 2.61. The van der Waals surface area contributed by atoms with Gasteiger partial charge in [-0.1, -0.05) is 36.5 Å². The van der Waals surface area contributed by atoms with Gasteiger partial charge < -0.3 is 19.8 Å². The highest BCUT2D eigenvalue weighted by Gasteiger charge is 2.51. The van der Waals surface area contributed by atoms with Crippen LogP contribution in [0.25, 0.3) is 0 Å². The van der Waals surface area contributed by atoms with Gasteiger partial charge in [0.05, 0.1) is 36.3 Å². The molecule has 39 heavy (non-hydrogen) atoms. The average Bonchev–Trinajstić information content (AvgIpc) is 3.04. The Balaban J connectivity index is 1.43. The number of sulfonamides is 1. The number of thiocarbonyl (C=S) groups is 1. The lowest BCUT2D eigenvalue weighted by Gasteiger charge is -2.46. The third-order valence-corrected chi connectivity index (χ3v) is 10.7. The van der Waals surface area contributed by atoms with Crippen LogP contribution in [-0.2, 0) is 20.4 Å². The molecule has 13 heteroatoms. The second kappa shape index (κ2) is 10.5. The van der Waals surface area contributed by atoms with Gasteiger partial charge in [-0.05, 0) is 37.1 Å². The molecular weight excluding hydrogens is 555 g/mol. The smallest absolute Gasteiger partial charge is 0.391 e. The molecule has 3 aliphatic heterocycles. The van der Waals surface area contributed by atoms with Crippen molar-refractivity contribution < 1.29 is 36.5 Å². The molecule has 5 atom stereocenters. The molecule has 1 aromatic rings. The number of halogens is 3. The molecule has 3 heterocycles. The fourth-order valence-corrected chi connectivity index (χ4v) is 7.93. The number of morpholine rings is 1. The van der Waals surface area contributed by atoms with Crippen molar-refractivity contribution in [3.05, 3.63) is 53.0 Å². The lowest BCUT2D eigenvalue weighted by Crippen LogP contribution is -2.61. The van der Waals surface area contributed by atoms with Gasteiger partial charge in [0.1, 0.15) is 0 Å². The SMILES string of the molecule is C[C@@](O)(c1ccc(N2CCN(S(=O)(=O)C3=CC=CCC3=S)C[C@@H]2CN2[C@@H]3COC[C@H]2[C@@H](O)C3)cc1)C(F)(F)F. The summed E-state index contributed by atoms with van der Waals surface area (Å²) >= 11 is 5.34. The first kappa shape index (κ1) is 28.7. The fourth-order valence-electron chi connectivity index (χ4n) is 5.86. The molecule has 0 aromatic heterocycles. The molecule has 3 saturated heterocycles. The number of fused-ring (bicyclic) bond motifs is 2. The molecular formula is C26H32F3N3O5S2. The number of piperazine rings is 1. The minimum Gasteiger partial charge on any atom is -0.391 e. The van der Waals surface area contributed by atoms with Gasteiger partial charge in [0.25, 0.3) is 0 Å².